The summed E-state index contributed by atoms with van der Waals surface area (Å²) in [7, 11) is 0. The van der Waals surface area contributed by atoms with Crippen LogP contribution in [0.1, 0.15) is 102 Å². The van der Waals surface area contributed by atoms with Crippen molar-refractivity contribution >= 4 is 45.5 Å². The van der Waals surface area contributed by atoms with Crippen molar-refractivity contribution in [3.63, 3.8) is 0 Å². The Morgan fingerprint density at radius 3 is 2.42 bits per heavy atom. The number of rotatable bonds is 7. The van der Waals surface area contributed by atoms with Gasteiger partial charge in [0.25, 0.3) is 0 Å². The number of piperidine rings is 1. The molecule has 0 unspecified atom stereocenters. The average Bonchev–Trinajstić information content (AvgIpc) is 3.51. The van der Waals surface area contributed by atoms with E-state index in [1.807, 2.05) is 41.1 Å². The molecule has 1 saturated heterocycles. The van der Waals surface area contributed by atoms with Crippen LogP contribution in [-0.4, -0.2) is 49.0 Å². The van der Waals surface area contributed by atoms with Crippen molar-refractivity contribution in [1.29, 1.82) is 5.26 Å². The number of likely N-dealkylation sites (tertiary alicyclic amines) is 1. The summed E-state index contributed by atoms with van der Waals surface area (Å²) >= 11 is 13.2. The number of nitriles is 1. The summed E-state index contributed by atoms with van der Waals surface area (Å²) in [4.78, 5) is 7.12. The summed E-state index contributed by atoms with van der Waals surface area (Å²) in [5.74, 6) is 0. The number of hydrogen-bond donors (Lipinski definition) is 2. The number of anilines is 2. The first-order chi connectivity index (χ1) is 21.5. The maximum atomic E-state index is 10.0. The van der Waals surface area contributed by atoms with Gasteiger partial charge in [0, 0.05) is 46.5 Å². The topological polar surface area (TPSA) is 94.7 Å². The molecule has 0 spiro atoms. The van der Waals surface area contributed by atoms with Gasteiger partial charge >= 0.3 is 0 Å². The van der Waals surface area contributed by atoms with Crippen LogP contribution in [0.5, 0.6) is 0 Å². The van der Waals surface area contributed by atoms with E-state index in [0.29, 0.717) is 27.2 Å². The Morgan fingerprint density at radius 2 is 1.76 bits per heavy atom. The average molecular weight is 646 g/mol. The lowest BCUT2D eigenvalue weighted by Crippen LogP contribution is -2.46. The molecule has 2 aromatic carbocycles. The Hall–Kier alpha value is -3.38. The maximum absolute atomic E-state index is 10.0. The van der Waals surface area contributed by atoms with Crippen molar-refractivity contribution in [1.82, 2.24) is 24.9 Å². The third-order valence-electron chi connectivity index (χ3n) is 9.55. The van der Waals surface area contributed by atoms with Crippen LogP contribution in [0.15, 0.2) is 48.8 Å². The van der Waals surface area contributed by atoms with E-state index in [1.165, 1.54) is 19.3 Å². The van der Waals surface area contributed by atoms with E-state index < -0.39 is 0 Å². The van der Waals surface area contributed by atoms with Crippen LogP contribution in [0, 0.1) is 11.3 Å². The molecule has 2 aliphatic rings. The van der Waals surface area contributed by atoms with Gasteiger partial charge in [0.15, 0.2) is 0 Å². The number of pyridine rings is 1. The highest BCUT2D eigenvalue weighted by Gasteiger charge is 2.30. The fourth-order valence-corrected chi connectivity index (χ4v) is 7.27. The van der Waals surface area contributed by atoms with Crippen molar-refractivity contribution in [2.45, 2.75) is 95.8 Å². The zero-order valence-corrected chi connectivity index (χ0v) is 28.1. The summed E-state index contributed by atoms with van der Waals surface area (Å²) < 4.78 is 2.03. The SMILES string of the molecule is CC1(Nc2c(C#N)cnc3c(Cl)cc(N[C@@H](c4ccc(Cl)cc4)c4cn(C5CCN(C(C)(C)C)CC5)nn4)cc23)CCCCC1. The van der Waals surface area contributed by atoms with E-state index in [1.54, 1.807) is 6.20 Å². The van der Waals surface area contributed by atoms with Gasteiger partial charge in [-0.25, -0.2) is 4.68 Å². The van der Waals surface area contributed by atoms with E-state index in [4.69, 9.17) is 23.2 Å². The highest BCUT2D eigenvalue weighted by Crippen LogP contribution is 2.39. The van der Waals surface area contributed by atoms with Crippen molar-refractivity contribution in [2.75, 3.05) is 23.7 Å². The number of hydrogen-bond acceptors (Lipinski definition) is 7. The number of halogens is 2. The van der Waals surface area contributed by atoms with Crippen molar-refractivity contribution in [2.24, 2.45) is 0 Å². The molecule has 1 aliphatic carbocycles. The molecule has 0 amide bonds. The molecule has 6 rings (SSSR count). The standard InChI is InChI=1S/C35H42Cl2N8/c1-34(2,3)44-16-12-27(13-17-44)45-22-30(42-43-45)32(23-8-10-25(36)11-9-23)40-26-18-28-31(41-35(4)14-6-5-7-15-35)24(20-38)21-39-33(28)29(37)19-26/h8-11,18-19,21-22,27,32,40H,5-7,12-17H2,1-4H3,(H,39,41)/t32-/m0/s1. The summed E-state index contributed by atoms with van der Waals surface area (Å²) in [5, 5.41) is 28.8. The molecule has 3 heterocycles. The molecule has 4 aromatic rings. The number of fused-ring (bicyclic) bond motifs is 1. The van der Waals surface area contributed by atoms with E-state index in [2.05, 4.69) is 70.8 Å². The second-order valence-electron chi connectivity index (χ2n) is 13.9. The number of aromatic nitrogens is 4. The molecule has 1 aliphatic heterocycles. The smallest absolute Gasteiger partial charge is 0.109 e. The molecule has 45 heavy (non-hydrogen) atoms. The largest absolute Gasteiger partial charge is 0.378 e. The quantitative estimate of drug-likeness (QED) is 0.208. The summed E-state index contributed by atoms with van der Waals surface area (Å²) in [6.45, 7) is 11.1. The normalized spacial score (nSPS) is 18.4. The van der Waals surface area contributed by atoms with Gasteiger partial charge in [0.2, 0.25) is 0 Å². The lowest BCUT2D eigenvalue weighted by Gasteiger charge is -2.40. The third kappa shape index (κ3) is 6.91. The maximum Gasteiger partial charge on any atom is 0.109 e. The second-order valence-corrected chi connectivity index (χ2v) is 14.7. The number of nitrogens with one attached hydrogen (secondary N) is 2. The van der Waals surface area contributed by atoms with E-state index in [9.17, 15) is 5.26 Å². The first kappa shape index (κ1) is 31.6. The van der Waals surface area contributed by atoms with Crippen molar-refractivity contribution in [3.8, 4) is 6.07 Å². The lowest BCUT2D eigenvalue weighted by atomic mass is 9.83. The van der Waals surface area contributed by atoms with Gasteiger partial charge in [-0.15, -0.1) is 5.10 Å². The van der Waals surface area contributed by atoms with Gasteiger partial charge in [-0.2, -0.15) is 5.26 Å². The van der Waals surface area contributed by atoms with Crippen molar-refractivity contribution < 1.29 is 0 Å². The van der Waals surface area contributed by atoms with Crippen LogP contribution in [-0.2, 0) is 0 Å². The molecule has 8 nitrogen and oxygen atoms in total. The van der Waals surface area contributed by atoms with E-state index in [-0.39, 0.29) is 17.1 Å². The van der Waals surface area contributed by atoms with Gasteiger partial charge in [0.05, 0.1) is 40.1 Å². The molecule has 0 radical (unpaired) electrons. The zero-order chi connectivity index (χ0) is 31.8. The van der Waals surface area contributed by atoms with E-state index >= 15 is 0 Å². The minimum atomic E-state index is -0.307. The Morgan fingerprint density at radius 1 is 1.04 bits per heavy atom. The van der Waals surface area contributed by atoms with Gasteiger partial charge < -0.3 is 10.6 Å². The number of nitrogens with zero attached hydrogens (tertiary/aromatic N) is 6. The minimum absolute atomic E-state index is 0.0958. The molecule has 1 saturated carbocycles. The van der Waals surface area contributed by atoms with Crippen LogP contribution < -0.4 is 10.6 Å². The molecule has 2 aromatic heterocycles. The van der Waals surface area contributed by atoms with Crippen LogP contribution >= 0.6 is 23.2 Å². The first-order valence-corrected chi connectivity index (χ1v) is 16.8. The van der Waals surface area contributed by atoms with Crippen LogP contribution in [0.25, 0.3) is 10.9 Å². The predicted octanol–water partition coefficient (Wildman–Crippen LogP) is 8.78. The second kappa shape index (κ2) is 12.8. The van der Waals surface area contributed by atoms with Gasteiger partial charge in [-0.3, -0.25) is 9.88 Å². The van der Waals surface area contributed by atoms with Crippen LogP contribution in [0.4, 0.5) is 11.4 Å². The molecule has 236 valence electrons. The minimum Gasteiger partial charge on any atom is -0.378 e. The monoisotopic (exact) mass is 644 g/mol. The fourth-order valence-electron chi connectivity index (χ4n) is 6.87. The molecular formula is C35H42Cl2N8. The Kier molecular flexibility index (Phi) is 8.98. The molecular weight excluding hydrogens is 603 g/mol. The highest BCUT2D eigenvalue weighted by atomic mass is 35.5. The highest BCUT2D eigenvalue weighted by molar-refractivity contribution is 6.36. The molecule has 2 fully saturated rings. The molecule has 10 heteroatoms. The zero-order valence-electron chi connectivity index (χ0n) is 26.6. The number of benzene rings is 2. The molecule has 2 N–H and O–H groups in total. The lowest BCUT2D eigenvalue weighted by molar-refractivity contribution is 0.0866. The molecule has 0 bridgehead atoms. The summed E-state index contributed by atoms with van der Waals surface area (Å²) in [5.41, 5.74) is 4.64. The van der Waals surface area contributed by atoms with Crippen molar-refractivity contribution in [3.05, 3.63) is 75.7 Å². The van der Waals surface area contributed by atoms with Crippen LogP contribution in [0.3, 0.4) is 0 Å². The first-order valence-electron chi connectivity index (χ1n) is 16.0. The summed E-state index contributed by atoms with van der Waals surface area (Å²) in [6, 6.07) is 14.1. The van der Waals surface area contributed by atoms with Gasteiger partial charge in [-0.1, -0.05) is 59.8 Å². The predicted molar refractivity (Wildman–Crippen MR) is 183 cm³/mol. The third-order valence-corrected chi connectivity index (χ3v) is 10.1. The van der Waals surface area contributed by atoms with E-state index in [0.717, 1.165) is 66.8 Å². The molecule has 1 atom stereocenters. The summed E-state index contributed by atoms with van der Waals surface area (Å²) in [6.07, 6.45) is 11.4. The Balaban J connectivity index is 1.34. The van der Waals surface area contributed by atoms with Gasteiger partial charge in [0.1, 0.15) is 11.8 Å². The van der Waals surface area contributed by atoms with Crippen LogP contribution in [0.2, 0.25) is 10.0 Å². The Bertz CT molecular complexity index is 1690. The Labute approximate surface area is 276 Å². The van der Waals surface area contributed by atoms with Gasteiger partial charge in [-0.05, 0) is 83.2 Å². The fraction of sp³-hybridized carbons (Fsp3) is 0.486.